The third-order valence-corrected chi connectivity index (χ3v) is 6.16. The van der Waals surface area contributed by atoms with E-state index in [1.54, 1.807) is 17.5 Å². The molecule has 0 unspecified atom stereocenters. The maximum Gasteiger partial charge on any atom is 0.263 e. The largest absolute Gasteiger partial charge is 0.324 e. The fourth-order valence-electron chi connectivity index (χ4n) is 2.68. The van der Waals surface area contributed by atoms with E-state index in [2.05, 4.69) is 15.0 Å². The van der Waals surface area contributed by atoms with Crippen LogP contribution in [-0.2, 0) is 14.8 Å². The Morgan fingerprint density at radius 3 is 2.71 bits per heavy atom. The van der Waals surface area contributed by atoms with Gasteiger partial charge in [-0.1, -0.05) is 18.9 Å². The maximum atomic E-state index is 12.4. The van der Waals surface area contributed by atoms with Crippen LogP contribution in [0.5, 0.6) is 0 Å². The van der Waals surface area contributed by atoms with Crippen LogP contribution in [0.25, 0.3) is 0 Å². The van der Waals surface area contributed by atoms with Crippen LogP contribution in [0.3, 0.4) is 0 Å². The van der Waals surface area contributed by atoms with E-state index in [0.29, 0.717) is 18.5 Å². The van der Waals surface area contributed by atoms with Crippen LogP contribution >= 0.6 is 11.3 Å². The molecule has 1 aromatic carbocycles. The van der Waals surface area contributed by atoms with Gasteiger partial charge in [-0.3, -0.25) is 9.52 Å². The zero-order chi connectivity index (χ0) is 17.2. The molecule has 1 aliphatic carbocycles. The highest BCUT2D eigenvalue weighted by Crippen LogP contribution is 2.29. The van der Waals surface area contributed by atoms with Gasteiger partial charge in [0.25, 0.3) is 10.0 Å². The van der Waals surface area contributed by atoms with Gasteiger partial charge in [0.15, 0.2) is 5.13 Å². The quantitative estimate of drug-likeness (QED) is 0.750. The molecule has 128 valence electrons. The lowest BCUT2D eigenvalue weighted by Gasteiger charge is -2.22. The van der Waals surface area contributed by atoms with Crippen molar-refractivity contribution in [1.82, 2.24) is 4.98 Å². The number of hydrogen-bond donors (Lipinski definition) is 3. The molecule has 0 saturated heterocycles. The van der Waals surface area contributed by atoms with Crippen LogP contribution < -0.4 is 15.8 Å². The zero-order valence-electron chi connectivity index (χ0n) is 12.9. The Balaban J connectivity index is 1.77. The first-order chi connectivity index (χ1) is 11.4. The van der Waals surface area contributed by atoms with Gasteiger partial charge in [-0.05, 0) is 31.0 Å². The first-order valence-corrected chi connectivity index (χ1v) is 9.88. The van der Waals surface area contributed by atoms with Gasteiger partial charge >= 0.3 is 0 Å². The number of benzene rings is 1. The number of rotatable bonds is 5. The van der Waals surface area contributed by atoms with Gasteiger partial charge in [0.2, 0.25) is 5.91 Å². The minimum absolute atomic E-state index is 0.0491. The molecule has 1 saturated carbocycles. The number of amides is 1. The minimum Gasteiger partial charge on any atom is -0.324 e. The number of carbonyl (C=O) groups is 1. The van der Waals surface area contributed by atoms with Gasteiger partial charge in [0.1, 0.15) is 0 Å². The molecule has 3 rings (SSSR count). The first-order valence-electron chi connectivity index (χ1n) is 7.52. The number of thiazole rings is 1. The summed E-state index contributed by atoms with van der Waals surface area (Å²) in [5.41, 5.74) is 5.65. The molecule has 1 heterocycles. The van der Waals surface area contributed by atoms with Crippen molar-refractivity contribution in [2.45, 2.75) is 36.1 Å². The van der Waals surface area contributed by atoms with Crippen molar-refractivity contribution in [3.05, 3.63) is 35.8 Å². The Kier molecular flexibility index (Phi) is 4.57. The van der Waals surface area contributed by atoms with Crippen molar-refractivity contribution in [1.29, 1.82) is 0 Å². The lowest BCUT2D eigenvalue weighted by molar-refractivity contribution is -0.121. The van der Waals surface area contributed by atoms with E-state index in [1.807, 2.05) is 0 Å². The Bertz CT molecular complexity index is 828. The monoisotopic (exact) mass is 366 g/mol. The van der Waals surface area contributed by atoms with Crippen LogP contribution in [0.1, 0.15) is 25.7 Å². The summed E-state index contributed by atoms with van der Waals surface area (Å²) < 4.78 is 27.1. The predicted octanol–water partition coefficient (Wildman–Crippen LogP) is 2.15. The van der Waals surface area contributed by atoms with E-state index in [1.165, 1.54) is 29.7 Å². The third kappa shape index (κ3) is 3.58. The molecule has 1 amide bonds. The topological polar surface area (TPSA) is 114 Å². The second-order valence-corrected chi connectivity index (χ2v) is 8.36. The van der Waals surface area contributed by atoms with Crippen LogP contribution in [0, 0.1) is 0 Å². The minimum atomic E-state index is -3.76. The van der Waals surface area contributed by atoms with Gasteiger partial charge in [-0.15, -0.1) is 11.3 Å². The maximum absolute atomic E-state index is 12.4. The van der Waals surface area contributed by atoms with E-state index in [9.17, 15) is 13.2 Å². The Morgan fingerprint density at radius 1 is 1.29 bits per heavy atom. The number of hydrogen-bond acceptors (Lipinski definition) is 6. The Hall–Kier alpha value is -1.97. The van der Waals surface area contributed by atoms with E-state index in [0.717, 1.165) is 12.8 Å². The van der Waals surface area contributed by atoms with E-state index in [-0.39, 0.29) is 15.9 Å². The molecule has 7 nitrogen and oxygen atoms in total. The molecule has 1 fully saturated rings. The summed E-state index contributed by atoms with van der Waals surface area (Å²) in [5, 5.41) is 4.69. The van der Waals surface area contributed by atoms with Gasteiger partial charge in [-0.25, -0.2) is 13.4 Å². The fraction of sp³-hybridized carbons (Fsp3) is 0.333. The molecule has 9 heteroatoms. The molecule has 2 aromatic rings. The molecule has 0 aliphatic heterocycles. The smallest absolute Gasteiger partial charge is 0.263 e. The molecular weight excluding hydrogens is 348 g/mol. The summed E-state index contributed by atoms with van der Waals surface area (Å²) in [6.45, 7) is 0. The normalized spacial score (nSPS) is 16.7. The molecule has 1 aliphatic rings. The average Bonchev–Trinajstić information content (AvgIpc) is 3.20. The lowest BCUT2D eigenvalue weighted by Crippen LogP contribution is -2.48. The fourth-order valence-corrected chi connectivity index (χ4v) is 4.51. The van der Waals surface area contributed by atoms with Crippen LogP contribution in [0.15, 0.2) is 40.7 Å². The van der Waals surface area contributed by atoms with Crippen molar-refractivity contribution in [2.75, 3.05) is 10.0 Å². The highest BCUT2D eigenvalue weighted by molar-refractivity contribution is 7.93. The van der Waals surface area contributed by atoms with Gasteiger partial charge < -0.3 is 11.1 Å². The number of aromatic nitrogens is 1. The summed E-state index contributed by atoms with van der Waals surface area (Å²) in [7, 11) is -3.76. The third-order valence-electron chi connectivity index (χ3n) is 4.00. The predicted molar refractivity (Wildman–Crippen MR) is 93.4 cm³/mol. The molecule has 24 heavy (non-hydrogen) atoms. The van der Waals surface area contributed by atoms with Crippen molar-refractivity contribution < 1.29 is 13.2 Å². The number of nitrogens with two attached hydrogens (primary N) is 1. The molecular formula is C15H18N4O3S2. The van der Waals surface area contributed by atoms with E-state index in [4.69, 9.17) is 5.73 Å². The SMILES string of the molecule is NC1(C(=O)Nc2cccc(S(=O)(=O)Nc3nccs3)c2)CCCC1. The molecule has 0 spiro atoms. The molecule has 0 bridgehead atoms. The Labute approximate surface area is 144 Å². The van der Waals surface area contributed by atoms with Crippen molar-refractivity contribution in [2.24, 2.45) is 5.73 Å². The van der Waals surface area contributed by atoms with Gasteiger partial charge in [0.05, 0.1) is 10.4 Å². The summed E-state index contributed by atoms with van der Waals surface area (Å²) >= 11 is 1.19. The number of nitrogens with one attached hydrogen (secondary N) is 2. The molecule has 0 radical (unpaired) electrons. The van der Waals surface area contributed by atoms with Crippen molar-refractivity contribution in [3.63, 3.8) is 0 Å². The molecule has 4 N–H and O–H groups in total. The van der Waals surface area contributed by atoms with Crippen LogP contribution in [0.2, 0.25) is 0 Å². The summed E-state index contributed by atoms with van der Waals surface area (Å²) in [6.07, 6.45) is 4.65. The molecule has 0 atom stereocenters. The second-order valence-electron chi connectivity index (χ2n) is 5.79. The lowest BCUT2D eigenvalue weighted by atomic mass is 9.98. The van der Waals surface area contributed by atoms with Gasteiger partial charge in [0, 0.05) is 17.3 Å². The first kappa shape index (κ1) is 16.9. The summed E-state index contributed by atoms with van der Waals surface area (Å²) in [4.78, 5) is 16.3. The number of nitrogens with zero attached hydrogens (tertiary/aromatic N) is 1. The zero-order valence-corrected chi connectivity index (χ0v) is 14.5. The van der Waals surface area contributed by atoms with Crippen molar-refractivity contribution >= 4 is 38.1 Å². The number of anilines is 2. The average molecular weight is 366 g/mol. The molecule has 1 aromatic heterocycles. The second kappa shape index (κ2) is 6.50. The standard InChI is InChI=1S/C15H18N4O3S2/c16-15(6-1-2-7-15)13(20)18-11-4-3-5-12(10-11)24(21,22)19-14-17-8-9-23-14/h3-5,8-10H,1-2,6-7,16H2,(H,17,19)(H,18,20). The summed E-state index contributed by atoms with van der Waals surface area (Å²) in [6, 6.07) is 6.08. The summed E-state index contributed by atoms with van der Waals surface area (Å²) in [5.74, 6) is -0.276. The van der Waals surface area contributed by atoms with E-state index < -0.39 is 15.6 Å². The highest BCUT2D eigenvalue weighted by Gasteiger charge is 2.37. The van der Waals surface area contributed by atoms with Crippen LogP contribution in [-0.4, -0.2) is 24.8 Å². The van der Waals surface area contributed by atoms with Crippen molar-refractivity contribution in [3.8, 4) is 0 Å². The Morgan fingerprint density at radius 2 is 2.04 bits per heavy atom. The van der Waals surface area contributed by atoms with Crippen LogP contribution in [0.4, 0.5) is 10.8 Å². The van der Waals surface area contributed by atoms with Gasteiger partial charge in [-0.2, -0.15) is 0 Å². The van der Waals surface area contributed by atoms with E-state index >= 15 is 0 Å². The highest BCUT2D eigenvalue weighted by atomic mass is 32.2. The number of sulfonamides is 1. The number of carbonyl (C=O) groups excluding carboxylic acids is 1.